The summed E-state index contributed by atoms with van der Waals surface area (Å²) in [6, 6.07) is 9.94. The lowest BCUT2D eigenvalue weighted by Gasteiger charge is -2.27. The lowest BCUT2D eigenvalue weighted by molar-refractivity contribution is 0.102. The number of nitrogens with one attached hydrogen (secondary N) is 4. The highest BCUT2D eigenvalue weighted by Gasteiger charge is 2.26. The van der Waals surface area contributed by atoms with Gasteiger partial charge in [0.05, 0.1) is 6.04 Å². The molecule has 0 bridgehead atoms. The van der Waals surface area contributed by atoms with E-state index < -0.39 is 41.0 Å². The molecule has 1 saturated heterocycles. The van der Waals surface area contributed by atoms with Gasteiger partial charge in [0.1, 0.15) is 23.1 Å². The monoisotopic (exact) mass is 576 g/mol. The number of halogens is 3. The van der Waals surface area contributed by atoms with Crippen molar-refractivity contribution in [1.82, 2.24) is 30.0 Å². The SMILES string of the molecule is O=C(Nc1ccc(Oc2ccnc3[nH]nc(N[C@@H]4CCNC[C@@H]4F)c23)c(F)c1)c1nccn(-c2ccc(F)cc2)c1=O. The molecule has 5 aromatic rings. The zero-order chi connectivity index (χ0) is 29.2. The lowest BCUT2D eigenvalue weighted by Crippen LogP contribution is -2.45. The molecular weight excluding hydrogens is 553 g/mol. The Kier molecular flexibility index (Phi) is 7.27. The number of fused-ring (bicyclic) bond motifs is 1. The molecule has 1 aliphatic heterocycles. The molecule has 0 aliphatic carbocycles. The predicted molar refractivity (Wildman–Crippen MR) is 148 cm³/mol. The fourth-order valence-electron chi connectivity index (χ4n) is 4.61. The normalized spacial score (nSPS) is 16.7. The first-order valence-electron chi connectivity index (χ1n) is 12.9. The van der Waals surface area contributed by atoms with Gasteiger partial charge in [0.15, 0.2) is 28.7 Å². The summed E-state index contributed by atoms with van der Waals surface area (Å²) >= 11 is 0. The summed E-state index contributed by atoms with van der Waals surface area (Å²) < 4.78 is 49.8. The molecule has 2 atom stereocenters. The molecule has 0 unspecified atom stereocenters. The standard InChI is InChI=1S/C28H23F3N8O3/c29-15-1-4-17(5-2-15)39-12-11-33-24(28(39)41)27(40)35-16-3-6-21(18(30)13-16)42-22-8-10-34-25-23(22)26(38-37-25)36-20-7-9-32-14-19(20)31/h1-6,8,10-13,19-20,32H,7,9,14H2,(H,35,40)(H2,34,36,37,38)/t19-,20+/m0/s1. The molecule has 2 aromatic carbocycles. The van der Waals surface area contributed by atoms with E-state index in [1.807, 2.05) is 0 Å². The second kappa shape index (κ2) is 11.3. The Morgan fingerprint density at radius 2 is 1.88 bits per heavy atom. The van der Waals surface area contributed by atoms with Crippen LogP contribution >= 0.6 is 0 Å². The molecule has 214 valence electrons. The van der Waals surface area contributed by atoms with Gasteiger partial charge in [0, 0.05) is 48.6 Å². The van der Waals surface area contributed by atoms with Gasteiger partial charge in [0.25, 0.3) is 11.5 Å². The number of benzene rings is 2. The average molecular weight is 577 g/mol. The van der Waals surface area contributed by atoms with Crippen molar-refractivity contribution in [3.8, 4) is 17.2 Å². The largest absolute Gasteiger partial charge is 0.453 e. The van der Waals surface area contributed by atoms with Crippen LogP contribution in [0.4, 0.5) is 24.7 Å². The third-order valence-corrected chi connectivity index (χ3v) is 6.72. The van der Waals surface area contributed by atoms with Crippen molar-refractivity contribution in [2.75, 3.05) is 23.7 Å². The number of hydrogen-bond acceptors (Lipinski definition) is 8. The summed E-state index contributed by atoms with van der Waals surface area (Å²) in [6.45, 7) is 0.876. The third-order valence-electron chi connectivity index (χ3n) is 6.72. The summed E-state index contributed by atoms with van der Waals surface area (Å²) in [4.78, 5) is 33.8. The van der Waals surface area contributed by atoms with Crippen molar-refractivity contribution in [2.45, 2.75) is 18.6 Å². The van der Waals surface area contributed by atoms with Crippen LogP contribution in [-0.4, -0.2) is 55.9 Å². The van der Waals surface area contributed by atoms with Crippen LogP contribution in [0.5, 0.6) is 11.5 Å². The van der Waals surface area contributed by atoms with E-state index in [4.69, 9.17) is 4.74 Å². The Bertz CT molecular complexity index is 1830. The van der Waals surface area contributed by atoms with Gasteiger partial charge in [-0.25, -0.2) is 23.1 Å². The lowest BCUT2D eigenvalue weighted by atomic mass is 10.0. The number of hydrogen-bond donors (Lipinski definition) is 4. The molecule has 0 spiro atoms. The number of nitrogens with zero attached hydrogens (tertiary/aromatic N) is 4. The number of aromatic nitrogens is 5. The quantitative estimate of drug-likeness (QED) is 0.229. The molecule has 11 nitrogen and oxygen atoms in total. The van der Waals surface area contributed by atoms with Crippen molar-refractivity contribution < 1.29 is 22.7 Å². The van der Waals surface area contributed by atoms with Crippen molar-refractivity contribution in [1.29, 1.82) is 0 Å². The molecular formula is C28H23F3N8O3. The van der Waals surface area contributed by atoms with Crippen LogP contribution < -0.4 is 26.2 Å². The van der Waals surface area contributed by atoms with Crippen LogP contribution in [0.1, 0.15) is 16.9 Å². The van der Waals surface area contributed by atoms with E-state index in [1.54, 1.807) is 0 Å². The van der Waals surface area contributed by atoms with Gasteiger partial charge in [-0.3, -0.25) is 19.3 Å². The van der Waals surface area contributed by atoms with Gasteiger partial charge in [-0.15, -0.1) is 0 Å². The molecule has 1 amide bonds. The number of piperidine rings is 1. The average Bonchev–Trinajstić information content (AvgIpc) is 3.40. The van der Waals surface area contributed by atoms with Gasteiger partial charge in [-0.1, -0.05) is 0 Å². The molecule has 0 radical (unpaired) electrons. The van der Waals surface area contributed by atoms with Gasteiger partial charge < -0.3 is 20.7 Å². The van der Waals surface area contributed by atoms with E-state index in [2.05, 4.69) is 36.1 Å². The number of rotatable bonds is 7. The minimum atomic E-state index is -1.12. The number of anilines is 2. The number of amides is 1. The van der Waals surface area contributed by atoms with Crippen molar-refractivity contribution >= 4 is 28.4 Å². The van der Waals surface area contributed by atoms with Crippen molar-refractivity contribution in [2.24, 2.45) is 0 Å². The second-order valence-electron chi connectivity index (χ2n) is 9.49. The Hall–Kier alpha value is -5.24. The van der Waals surface area contributed by atoms with Crippen LogP contribution in [0.3, 0.4) is 0 Å². The van der Waals surface area contributed by atoms with E-state index >= 15 is 4.39 Å². The summed E-state index contributed by atoms with van der Waals surface area (Å²) in [5, 5.41) is 15.9. The zero-order valence-corrected chi connectivity index (χ0v) is 21.8. The Morgan fingerprint density at radius 3 is 2.67 bits per heavy atom. The van der Waals surface area contributed by atoms with Crippen LogP contribution in [0.25, 0.3) is 16.7 Å². The van der Waals surface area contributed by atoms with Gasteiger partial charge in [0.2, 0.25) is 0 Å². The minimum absolute atomic E-state index is 0.0497. The van der Waals surface area contributed by atoms with Crippen LogP contribution in [0.15, 0.2) is 71.9 Å². The number of ether oxygens (including phenoxy) is 1. The number of pyridine rings is 1. The molecule has 0 saturated carbocycles. The number of carbonyl (C=O) groups excluding carboxylic acids is 1. The first-order valence-corrected chi connectivity index (χ1v) is 12.9. The Balaban J connectivity index is 1.21. The molecule has 1 aliphatic rings. The number of aromatic amines is 1. The van der Waals surface area contributed by atoms with E-state index in [9.17, 15) is 18.4 Å². The molecule has 3 aromatic heterocycles. The van der Waals surface area contributed by atoms with E-state index in [0.717, 1.165) is 10.6 Å². The number of alkyl halides is 1. The van der Waals surface area contributed by atoms with E-state index in [1.165, 1.54) is 61.1 Å². The third kappa shape index (κ3) is 5.39. The highest BCUT2D eigenvalue weighted by atomic mass is 19.1. The Labute approximate surface area is 235 Å². The number of H-pyrrole nitrogens is 1. The van der Waals surface area contributed by atoms with Crippen LogP contribution in [0, 0.1) is 11.6 Å². The molecule has 14 heteroatoms. The van der Waals surface area contributed by atoms with Crippen molar-refractivity contribution in [3.63, 3.8) is 0 Å². The predicted octanol–water partition coefficient (Wildman–Crippen LogP) is 3.94. The second-order valence-corrected chi connectivity index (χ2v) is 9.49. The summed E-state index contributed by atoms with van der Waals surface area (Å²) in [6.07, 6.45) is 3.48. The molecule has 6 rings (SSSR count). The Morgan fingerprint density at radius 1 is 1.05 bits per heavy atom. The van der Waals surface area contributed by atoms with E-state index in [-0.39, 0.29) is 23.7 Å². The molecule has 4 heterocycles. The first-order chi connectivity index (χ1) is 20.4. The van der Waals surface area contributed by atoms with Gasteiger partial charge in [-0.2, -0.15) is 5.10 Å². The van der Waals surface area contributed by atoms with Gasteiger partial charge in [-0.05, 0) is 49.4 Å². The zero-order valence-electron chi connectivity index (χ0n) is 21.8. The van der Waals surface area contributed by atoms with Crippen LogP contribution in [-0.2, 0) is 0 Å². The van der Waals surface area contributed by atoms with Crippen LogP contribution in [0.2, 0.25) is 0 Å². The highest BCUT2D eigenvalue weighted by molar-refractivity contribution is 6.02. The smallest absolute Gasteiger partial charge is 0.286 e. The topological polar surface area (TPSA) is 139 Å². The first kappa shape index (κ1) is 27.0. The van der Waals surface area contributed by atoms with Gasteiger partial charge >= 0.3 is 0 Å². The molecule has 42 heavy (non-hydrogen) atoms. The maximum atomic E-state index is 15.1. The fourth-order valence-corrected chi connectivity index (χ4v) is 4.61. The summed E-state index contributed by atoms with van der Waals surface area (Å²) in [5.74, 6) is -1.74. The molecule has 1 fully saturated rings. The summed E-state index contributed by atoms with van der Waals surface area (Å²) in [5.41, 5.74) is -0.423. The molecule has 4 N–H and O–H groups in total. The van der Waals surface area contributed by atoms with Crippen molar-refractivity contribution in [3.05, 3.63) is 94.8 Å². The minimum Gasteiger partial charge on any atom is -0.453 e. The fraction of sp³-hybridized carbons (Fsp3) is 0.179. The highest BCUT2D eigenvalue weighted by Crippen LogP contribution is 2.35. The number of carbonyl (C=O) groups is 1. The maximum Gasteiger partial charge on any atom is 0.286 e. The summed E-state index contributed by atoms with van der Waals surface area (Å²) in [7, 11) is 0. The van der Waals surface area contributed by atoms with E-state index in [0.29, 0.717) is 35.5 Å². The maximum absolute atomic E-state index is 15.1.